The predicted octanol–water partition coefficient (Wildman–Crippen LogP) is 2.34. The molecular formula is C21H28N6O2S. The van der Waals surface area contributed by atoms with Gasteiger partial charge < -0.3 is 9.88 Å². The highest BCUT2D eigenvalue weighted by Gasteiger charge is 2.31. The van der Waals surface area contributed by atoms with Crippen molar-refractivity contribution >= 4 is 23.7 Å². The standard InChI is InChI=1S/C21H28N6O2S/c1-16(19(28)26-13-10-22-20(26)29)30-21-24-23-18(15-25-11-6-3-7-12-25)27(21)14-17-8-4-2-5-9-17/h2,4-5,8-9,16H,3,6-7,10-15H2,1H3,(H,22,29). The lowest BCUT2D eigenvalue weighted by atomic mass is 10.1. The molecule has 3 heterocycles. The highest BCUT2D eigenvalue weighted by molar-refractivity contribution is 8.00. The molecule has 3 amide bonds. The van der Waals surface area contributed by atoms with Crippen LogP contribution in [-0.4, -0.2) is 67.9 Å². The summed E-state index contributed by atoms with van der Waals surface area (Å²) in [6.45, 7) is 6.33. The van der Waals surface area contributed by atoms with Crippen LogP contribution < -0.4 is 5.32 Å². The van der Waals surface area contributed by atoms with E-state index in [4.69, 9.17) is 0 Å². The summed E-state index contributed by atoms with van der Waals surface area (Å²) in [7, 11) is 0. The molecule has 0 spiro atoms. The fraction of sp³-hybridized carbons (Fsp3) is 0.524. The quantitative estimate of drug-likeness (QED) is 0.682. The topological polar surface area (TPSA) is 83.4 Å². The number of carbonyl (C=O) groups is 2. The third-order valence-electron chi connectivity index (χ3n) is 5.54. The maximum Gasteiger partial charge on any atom is 0.324 e. The van der Waals surface area contributed by atoms with Crippen LogP contribution in [0.1, 0.15) is 37.6 Å². The molecule has 8 nitrogen and oxygen atoms in total. The minimum Gasteiger partial charge on any atom is -0.336 e. The molecule has 0 aliphatic carbocycles. The number of hydrogen-bond donors (Lipinski definition) is 1. The van der Waals surface area contributed by atoms with Gasteiger partial charge in [-0.25, -0.2) is 4.79 Å². The van der Waals surface area contributed by atoms with Gasteiger partial charge in [0.1, 0.15) is 5.82 Å². The number of rotatable bonds is 7. The van der Waals surface area contributed by atoms with Crippen molar-refractivity contribution in [3.63, 3.8) is 0 Å². The fourth-order valence-electron chi connectivity index (χ4n) is 3.88. The molecule has 1 aromatic carbocycles. The summed E-state index contributed by atoms with van der Waals surface area (Å²) < 4.78 is 2.11. The van der Waals surface area contributed by atoms with Gasteiger partial charge in [0.05, 0.1) is 18.3 Å². The Morgan fingerprint density at radius 1 is 1.10 bits per heavy atom. The highest BCUT2D eigenvalue weighted by atomic mass is 32.2. The number of hydrogen-bond acceptors (Lipinski definition) is 6. The second-order valence-electron chi connectivity index (χ2n) is 7.79. The third kappa shape index (κ3) is 4.84. The van der Waals surface area contributed by atoms with Crippen LogP contribution in [0.15, 0.2) is 35.5 Å². The molecule has 2 aliphatic rings. The number of carbonyl (C=O) groups excluding carboxylic acids is 2. The van der Waals surface area contributed by atoms with E-state index in [2.05, 4.69) is 37.1 Å². The van der Waals surface area contributed by atoms with Gasteiger partial charge in [0.25, 0.3) is 0 Å². The zero-order chi connectivity index (χ0) is 20.9. The molecule has 4 rings (SSSR count). The fourth-order valence-corrected chi connectivity index (χ4v) is 4.80. The Bertz CT molecular complexity index is 881. The first-order chi connectivity index (χ1) is 14.6. The van der Waals surface area contributed by atoms with Crippen LogP contribution in [0.2, 0.25) is 0 Å². The Morgan fingerprint density at radius 3 is 2.57 bits per heavy atom. The highest BCUT2D eigenvalue weighted by Crippen LogP contribution is 2.26. The number of urea groups is 1. The summed E-state index contributed by atoms with van der Waals surface area (Å²) in [5.41, 5.74) is 1.16. The maximum absolute atomic E-state index is 12.7. The molecule has 2 saturated heterocycles. The number of benzene rings is 1. The Kier molecular flexibility index (Phi) is 6.69. The number of thioether (sulfide) groups is 1. The van der Waals surface area contributed by atoms with Crippen LogP contribution >= 0.6 is 11.8 Å². The van der Waals surface area contributed by atoms with E-state index in [1.54, 1.807) is 0 Å². The number of aromatic nitrogens is 3. The van der Waals surface area contributed by atoms with Crippen molar-refractivity contribution in [1.82, 2.24) is 29.9 Å². The van der Waals surface area contributed by atoms with Crippen molar-refractivity contribution in [3.05, 3.63) is 41.7 Å². The van der Waals surface area contributed by atoms with Gasteiger partial charge in [-0.15, -0.1) is 10.2 Å². The van der Waals surface area contributed by atoms with Gasteiger partial charge in [0, 0.05) is 13.1 Å². The van der Waals surface area contributed by atoms with Crippen molar-refractivity contribution in [3.8, 4) is 0 Å². The van der Waals surface area contributed by atoms with Crippen LogP contribution in [0.25, 0.3) is 0 Å². The van der Waals surface area contributed by atoms with Crippen molar-refractivity contribution in [2.24, 2.45) is 0 Å². The van der Waals surface area contributed by atoms with E-state index in [9.17, 15) is 9.59 Å². The van der Waals surface area contributed by atoms with Gasteiger partial charge in [-0.1, -0.05) is 48.5 Å². The molecule has 0 bridgehead atoms. The molecule has 2 aliphatic heterocycles. The third-order valence-corrected chi connectivity index (χ3v) is 6.61. The second-order valence-corrected chi connectivity index (χ2v) is 9.10. The van der Waals surface area contributed by atoms with E-state index in [0.717, 1.165) is 31.0 Å². The number of amides is 3. The van der Waals surface area contributed by atoms with Crippen molar-refractivity contribution < 1.29 is 9.59 Å². The summed E-state index contributed by atoms with van der Waals surface area (Å²) in [6.07, 6.45) is 3.73. The number of likely N-dealkylation sites (tertiary alicyclic amines) is 1. The van der Waals surface area contributed by atoms with Gasteiger partial charge >= 0.3 is 6.03 Å². The predicted molar refractivity (Wildman–Crippen MR) is 115 cm³/mol. The molecule has 0 radical (unpaired) electrons. The van der Waals surface area contributed by atoms with E-state index in [1.807, 2.05) is 25.1 Å². The first-order valence-corrected chi connectivity index (χ1v) is 11.4. The number of nitrogens with one attached hydrogen (secondary N) is 1. The molecule has 0 saturated carbocycles. The van der Waals surface area contributed by atoms with E-state index >= 15 is 0 Å². The lowest BCUT2D eigenvalue weighted by molar-refractivity contribution is -0.126. The van der Waals surface area contributed by atoms with Gasteiger partial charge in [-0.2, -0.15) is 0 Å². The Balaban J connectivity index is 1.53. The van der Waals surface area contributed by atoms with Crippen molar-refractivity contribution in [1.29, 1.82) is 0 Å². The van der Waals surface area contributed by atoms with Crippen molar-refractivity contribution in [2.45, 2.75) is 49.7 Å². The first kappa shape index (κ1) is 20.9. The van der Waals surface area contributed by atoms with E-state index in [-0.39, 0.29) is 11.9 Å². The molecule has 160 valence electrons. The largest absolute Gasteiger partial charge is 0.336 e. The van der Waals surface area contributed by atoms with Crippen molar-refractivity contribution in [2.75, 3.05) is 26.2 Å². The average Bonchev–Trinajstić information content (AvgIpc) is 3.35. The van der Waals surface area contributed by atoms with Gasteiger partial charge in [-0.05, 0) is 38.4 Å². The van der Waals surface area contributed by atoms with Crippen LogP contribution in [0.3, 0.4) is 0 Å². The van der Waals surface area contributed by atoms with Crippen LogP contribution in [-0.2, 0) is 17.9 Å². The Labute approximate surface area is 181 Å². The normalized spacial score (nSPS) is 18.4. The van der Waals surface area contributed by atoms with Gasteiger partial charge in [-0.3, -0.25) is 14.6 Å². The Morgan fingerprint density at radius 2 is 1.87 bits per heavy atom. The molecule has 30 heavy (non-hydrogen) atoms. The molecule has 2 aromatic rings. The summed E-state index contributed by atoms with van der Waals surface area (Å²) >= 11 is 1.37. The molecule has 1 N–H and O–H groups in total. The minimum atomic E-state index is -0.421. The van der Waals surface area contributed by atoms with Crippen LogP contribution in [0.4, 0.5) is 4.79 Å². The van der Waals surface area contributed by atoms with Gasteiger partial charge in [0.15, 0.2) is 5.16 Å². The molecule has 2 fully saturated rings. The molecule has 1 unspecified atom stereocenters. The van der Waals surface area contributed by atoms with E-state index in [0.29, 0.717) is 24.8 Å². The summed E-state index contributed by atoms with van der Waals surface area (Å²) in [6, 6.07) is 9.90. The molecule has 1 aromatic heterocycles. The number of piperidine rings is 1. The van der Waals surface area contributed by atoms with Crippen LogP contribution in [0.5, 0.6) is 0 Å². The monoisotopic (exact) mass is 428 g/mol. The second kappa shape index (κ2) is 9.61. The zero-order valence-corrected chi connectivity index (χ0v) is 18.1. The molecular weight excluding hydrogens is 400 g/mol. The van der Waals surface area contributed by atoms with Crippen LogP contribution in [0, 0.1) is 0 Å². The lowest BCUT2D eigenvalue weighted by Gasteiger charge is -2.26. The number of nitrogens with zero attached hydrogens (tertiary/aromatic N) is 5. The molecule has 9 heteroatoms. The van der Waals surface area contributed by atoms with E-state index < -0.39 is 5.25 Å². The lowest BCUT2D eigenvalue weighted by Crippen LogP contribution is -2.39. The summed E-state index contributed by atoms with van der Waals surface area (Å²) in [5.74, 6) is 0.726. The summed E-state index contributed by atoms with van der Waals surface area (Å²) in [4.78, 5) is 28.3. The van der Waals surface area contributed by atoms with E-state index in [1.165, 1.54) is 35.9 Å². The Hall–Kier alpha value is -2.39. The first-order valence-electron chi connectivity index (χ1n) is 10.6. The molecule has 1 atom stereocenters. The van der Waals surface area contributed by atoms with Gasteiger partial charge in [0.2, 0.25) is 5.91 Å². The average molecular weight is 429 g/mol. The summed E-state index contributed by atoms with van der Waals surface area (Å²) in [5, 5.41) is 11.9. The SMILES string of the molecule is CC(Sc1nnc(CN2CCCCC2)n1Cc1ccccc1)C(=O)N1CCNC1=O. The smallest absolute Gasteiger partial charge is 0.324 e. The number of imide groups is 1. The maximum atomic E-state index is 12.7. The zero-order valence-electron chi connectivity index (χ0n) is 17.3. The minimum absolute atomic E-state index is 0.193.